The number of hydrogen-bond acceptors (Lipinski definition) is 4. The zero-order valence-corrected chi connectivity index (χ0v) is 11.5. The van der Waals surface area contributed by atoms with E-state index in [2.05, 4.69) is 0 Å². The van der Waals surface area contributed by atoms with E-state index in [4.69, 9.17) is 16.7 Å². The lowest BCUT2D eigenvalue weighted by molar-refractivity contribution is -0.384. The zero-order chi connectivity index (χ0) is 15.3. The molecule has 0 radical (unpaired) electrons. The molecule has 1 aromatic carbocycles. The smallest absolute Gasteiger partial charge is 0.303 e. The van der Waals surface area contributed by atoms with Crippen molar-refractivity contribution in [2.24, 2.45) is 0 Å². The first-order valence-electron chi connectivity index (χ1n) is 5.74. The Labute approximate surface area is 119 Å². The number of carboxylic acid groups (broad SMARTS) is 1. The second-order valence-corrected chi connectivity index (χ2v) is 4.55. The number of carbonyl (C=O) groups is 2. The Balaban J connectivity index is 2.76. The molecule has 8 heteroatoms. The molecule has 0 atom stereocenters. The van der Waals surface area contributed by atoms with Crippen molar-refractivity contribution < 1.29 is 19.6 Å². The molecule has 0 unspecified atom stereocenters. The summed E-state index contributed by atoms with van der Waals surface area (Å²) in [6, 6.07) is 3.60. The minimum atomic E-state index is -0.931. The summed E-state index contributed by atoms with van der Waals surface area (Å²) in [7, 11) is 1.52. The monoisotopic (exact) mass is 300 g/mol. The number of carboxylic acids is 1. The van der Waals surface area contributed by atoms with Gasteiger partial charge in [0.25, 0.3) is 11.6 Å². The molecular weight excluding hydrogens is 288 g/mol. The van der Waals surface area contributed by atoms with Gasteiger partial charge >= 0.3 is 5.97 Å². The van der Waals surface area contributed by atoms with Crippen molar-refractivity contribution in [1.82, 2.24) is 4.90 Å². The van der Waals surface area contributed by atoms with Crippen LogP contribution in [0, 0.1) is 10.1 Å². The Morgan fingerprint density at radius 1 is 1.45 bits per heavy atom. The molecule has 0 aromatic heterocycles. The Morgan fingerprint density at radius 3 is 2.60 bits per heavy atom. The average molecular weight is 301 g/mol. The number of nitrogens with zero attached hydrogens (tertiary/aromatic N) is 2. The minimum absolute atomic E-state index is 0.00529. The molecule has 0 saturated carbocycles. The molecule has 1 rings (SSSR count). The van der Waals surface area contributed by atoms with Gasteiger partial charge in [-0.1, -0.05) is 11.6 Å². The van der Waals surface area contributed by atoms with Crippen LogP contribution in [0.25, 0.3) is 0 Å². The third-order valence-electron chi connectivity index (χ3n) is 2.62. The van der Waals surface area contributed by atoms with E-state index in [9.17, 15) is 19.7 Å². The van der Waals surface area contributed by atoms with E-state index >= 15 is 0 Å². The van der Waals surface area contributed by atoms with Gasteiger partial charge in [-0.2, -0.15) is 0 Å². The molecule has 0 spiro atoms. The van der Waals surface area contributed by atoms with E-state index in [1.807, 2.05) is 0 Å². The van der Waals surface area contributed by atoms with Crippen LogP contribution >= 0.6 is 11.6 Å². The predicted molar refractivity (Wildman–Crippen MR) is 71.9 cm³/mol. The largest absolute Gasteiger partial charge is 0.481 e. The van der Waals surface area contributed by atoms with Crippen LogP contribution < -0.4 is 0 Å². The van der Waals surface area contributed by atoms with Gasteiger partial charge in [0, 0.05) is 32.1 Å². The zero-order valence-electron chi connectivity index (χ0n) is 10.7. The predicted octanol–water partition coefficient (Wildman–Crippen LogP) is 2.18. The number of nitro benzene ring substituents is 1. The lowest BCUT2D eigenvalue weighted by Gasteiger charge is -2.17. The molecule has 1 amide bonds. The van der Waals surface area contributed by atoms with E-state index in [1.165, 1.54) is 24.1 Å². The maximum Gasteiger partial charge on any atom is 0.303 e. The van der Waals surface area contributed by atoms with Gasteiger partial charge in [-0.3, -0.25) is 19.7 Å². The summed E-state index contributed by atoms with van der Waals surface area (Å²) in [5, 5.41) is 19.1. The molecule has 0 saturated heterocycles. The fraction of sp³-hybridized carbons (Fsp3) is 0.333. The van der Waals surface area contributed by atoms with Crippen LogP contribution in [0.5, 0.6) is 0 Å². The van der Waals surface area contributed by atoms with Crippen LogP contribution in [0.3, 0.4) is 0 Å². The summed E-state index contributed by atoms with van der Waals surface area (Å²) in [6.45, 7) is 0.262. The third-order valence-corrected chi connectivity index (χ3v) is 2.94. The van der Waals surface area contributed by atoms with Crippen molar-refractivity contribution in [1.29, 1.82) is 0 Å². The number of carbonyl (C=O) groups excluding carboxylic acids is 1. The van der Waals surface area contributed by atoms with E-state index < -0.39 is 16.8 Å². The second kappa shape index (κ2) is 6.85. The number of nitro groups is 1. The normalized spacial score (nSPS) is 10.1. The number of rotatable bonds is 6. The van der Waals surface area contributed by atoms with Gasteiger partial charge in [0.1, 0.15) is 0 Å². The Bertz CT molecular complexity index is 547. The second-order valence-electron chi connectivity index (χ2n) is 4.15. The Morgan fingerprint density at radius 2 is 2.10 bits per heavy atom. The molecule has 0 aliphatic rings. The summed E-state index contributed by atoms with van der Waals surface area (Å²) in [6.07, 6.45) is 0.286. The van der Waals surface area contributed by atoms with Gasteiger partial charge in [0.15, 0.2) is 0 Å². The van der Waals surface area contributed by atoms with Crippen LogP contribution in [0.2, 0.25) is 5.02 Å². The minimum Gasteiger partial charge on any atom is -0.481 e. The van der Waals surface area contributed by atoms with Crippen molar-refractivity contribution in [3.05, 3.63) is 38.9 Å². The summed E-state index contributed by atoms with van der Waals surface area (Å²) in [5.41, 5.74) is -0.0461. The maximum absolute atomic E-state index is 12.0. The van der Waals surface area contributed by atoms with Gasteiger partial charge in [0.2, 0.25) is 0 Å². The molecule has 0 fully saturated rings. The fourth-order valence-corrected chi connectivity index (χ4v) is 1.82. The molecule has 7 nitrogen and oxygen atoms in total. The van der Waals surface area contributed by atoms with Gasteiger partial charge in [-0.05, 0) is 12.5 Å². The van der Waals surface area contributed by atoms with E-state index in [1.54, 1.807) is 0 Å². The van der Waals surface area contributed by atoms with Gasteiger partial charge in [-0.25, -0.2) is 0 Å². The molecule has 1 N–H and O–H groups in total. The molecule has 108 valence electrons. The number of halogens is 1. The summed E-state index contributed by atoms with van der Waals surface area (Å²) < 4.78 is 0. The van der Waals surface area contributed by atoms with Crippen LogP contribution in [0.1, 0.15) is 23.2 Å². The van der Waals surface area contributed by atoms with E-state index in [0.717, 1.165) is 6.07 Å². The van der Waals surface area contributed by atoms with Crippen LogP contribution in [0.4, 0.5) is 5.69 Å². The molecule has 0 heterocycles. The lowest BCUT2D eigenvalue weighted by Crippen LogP contribution is -2.28. The topological polar surface area (TPSA) is 101 Å². The highest BCUT2D eigenvalue weighted by Crippen LogP contribution is 2.23. The SMILES string of the molecule is CN(CCCC(=O)O)C(=O)c1ccc([N+](=O)[O-])cc1Cl. The Kier molecular flexibility index (Phi) is 5.45. The first-order valence-corrected chi connectivity index (χ1v) is 6.12. The summed E-state index contributed by atoms with van der Waals surface area (Å²) in [4.78, 5) is 33.7. The first kappa shape index (κ1) is 15.9. The number of hydrogen-bond donors (Lipinski definition) is 1. The van der Waals surface area contributed by atoms with Crippen LogP contribution in [-0.2, 0) is 4.79 Å². The number of non-ortho nitro benzene ring substituents is 1. The van der Waals surface area contributed by atoms with Gasteiger partial charge in [-0.15, -0.1) is 0 Å². The maximum atomic E-state index is 12.0. The molecule has 0 aliphatic carbocycles. The lowest BCUT2D eigenvalue weighted by atomic mass is 10.1. The number of amides is 1. The standard InChI is InChI=1S/C12H13ClN2O5/c1-14(6-2-3-11(16)17)12(18)9-5-4-8(15(19)20)7-10(9)13/h4-5,7H,2-3,6H2,1H3,(H,16,17). The van der Waals surface area contributed by atoms with Crippen molar-refractivity contribution in [2.45, 2.75) is 12.8 Å². The van der Waals surface area contributed by atoms with Crippen molar-refractivity contribution >= 4 is 29.2 Å². The molecule has 0 bridgehead atoms. The van der Waals surface area contributed by atoms with Crippen LogP contribution in [-0.4, -0.2) is 40.4 Å². The fourth-order valence-electron chi connectivity index (χ4n) is 1.57. The highest BCUT2D eigenvalue weighted by molar-refractivity contribution is 6.34. The average Bonchev–Trinajstić information content (AvgIpc) is 2.37. The molecule has 20 heavy (non-hydrogen) atoms. The highest BCUT2D eigenvalue weighted by Gasteiger charge is 2.18. The molecule has 1 aromatic rings. The number of benzene rings is 1. The Hall–Kier alpha value is -2.15. The van der Waals surface area contributed by atoms with E-state index in [-0.39, 0.29) is 29.2 Å². The summed E-state index contributed by atoms with van der Waals surface area (Å²) >= 11 is 5.85. The quantitative estimate of drug-likeness (QED) is 0.641. The third kappa shape index (κ3) is 4.20. The van der Waals surface area contributed by atoms with Crippen LogP contribution in [0.15, 0.2) is 18.2 Å². The van der Waals surface area contributed by atoms with E-state index in [0.29, 0.717) is 6.42 Å². The molecular formula is C12H13ClN2O5. The highest BCUT2D eigenvalue weighted by atomic mass is 35.5. The number of aliphatic carboxylic acids is 1. The molecule has 0 aliphatic heterocycles. The first-order chi connectivity index (χ1) is 9.32. The van der Waals surface area contributed by atoms with Gasteiger partial charge < -0.3 is 10.0 Å². The van der Waals surface area contributed by atoms with Crippen molar-refractivity contribution in [3.8, 4) is 0 Å². The summed E-state index contributed by atoms with van der Waals surface area (Å²) in [5.74, 6) is -1.34. The van der Waals surface area contributed by atoms with Crippen molar-refractivity contribution in [3.63, 3.8) is 0 Å². The van der Waals surface area contributed by atoms with Crippen molar-refractivity contribution in [2.75, 3.05) is 13.6 Å². The van der Waals surface area contributed by atoms with Gasteiger partial charge in [0.05, 0.1) is 15.5 Å².